The van der Waals surface area contributed by atoms with E-state index in [0.717, 1.165) is 12.8 Å². The van der Waals surface area contributed by atoms with Crippen molar-refractivity contribution in [2.24, 2.45) is 16.7 Å². The van der Waals surface area contributed by atoms with Crippen molar-refractivity contribution < 1.29 is 19.1 Å². The lowest BCUT2D eigenvalue weighted by atomic mass is 9.65. The molecular formula is C16H24O4. The van der Waals surface area contributed by atoms with Gasteiger partial charge in [-0.1, -0.05) is 32.1 Å². The van der Waals surface area contributed by atoms with Crippen molar-refractivity contribution >= 4 is 11.9 Å². The van der Waals surface area contributed by atoms with E-state index in [2.05, 4.69) is 26.5 Å². The number of allylic oxidation sites excluding steroid dienone is 3. The molecule has 0 aromatic carbocycles. The van der Waals surface area contributed by atoms with Gasteiger partial charge in [-0.3, -0.25) is 9.59 Å². The van der Waals surface area contributed by atoms with Crippen LogP contribution in [0.15, 0.2) is 24.8 Å². The van der Waals surface area contributed by atoms with Gasteiger partial charge in [-0.15, -0.1) is 6.58 Å². The first-order valence-electron chi connectivity index (χ1n) is 6.81. The number of carbonyl (C=O) groups is 2. The summed E-state index contributed by atoms with van der Waals surface area (Å²) in [7, 11) is 2.58. The van der Waals surface area contributed by atoms with Crippen LogP contribution in [0.5, 0.6) is 0 Å². The van der Waals surface area contributed by atoms with Crippen molar-refractivity contribution in [1.82, 2.24) is 0 Å². The Hall–Kier alpha value is -1.58. The van der Waals surface area contributed by atoms with Crippen LogP contribution in [0, 0.1) is 16.7 Å². The number of esters is 2. The molecule has 1 rings (SSSR count). The van der Waals surface area contributed by atoms with Gasteiger partial charge in [-0.2, -0.15) is 0 Å². The van der Waals surface area contributed by atoms with Crippen LogP contribution < -0.4 is 0 Å². The van der Waals surface area contributed by atoms with E-state index in [9.17, 15) is 9.59 Å². The third-order valence-electron chi connectivity index (χ3n) is 4.08. The first-order valence-corrected chi connectivity index (χ1v) is 6.81. The fourth-order valence-electron chi connectivity index (χ4n) is 2.79. The molecule has 4 nitrogen and oxygen atoms in total. The molecule has 0 amide bonds. The fraction of sp³-hybridized carbons (Fsp3) is 0.625. The second kappa shape index (κ2) is 6.25. The molecule has 0 radical (unpaired) electrons. The lowest BCUT2D eigenvalue weighted by Gasteiger charge is -2.38. The Morgan fingerprint density at radius 2 is 1.90 bits per heavy atom. The summed E-state index contributed by atoms with van der Waals surface area (Å²) in [5.41, 5.74) is -1.24. The van der Waals surface area contributed by atoms with E-state index >= 15 is 0 Å². The van der Waals surface area contributed by atoms with Gasteiger partial charge in [0.05, 0.1) is 14.2 Å². The molecule has 0 aliphatic heterocycles. The maximum atomic E-state index is 12.3. The van der Waals surface area contributed by atoms with Gasteiger partial charge in [0.15, 0.2) is 5.41 Å². The summed E-state index contributed by atoms with van der Waals surface area (Å²) in [5, 5.41) is 0. The van der Waals surface area contributed by atoms with Crippen molar-refractivity contribution in [2.45, 2.75) is 33.1 Å². The van der Waals surface area contributed by atoms with Crippen LogP contribution in [0.4, 0.5) is 0 Å². The molecule has 1 aliphatic carbocycles. The molecule has 0 fully saturated rings. The molecule has 0 saturated carbocycles. The van der Waals surface area contributed by atoms with E-state index in [1.54, 1.807) is 6.08 Å². The van der Waals surface area contributed by atoms with Crippen molar-refractivity contribution in [2.75, 3.05) is 14.2 Å². The zero-order valence-corrected chi connectivity index (χ0v) is 12.8. The van der Waals surface area contributed by atoms with Crippen LogP contribution >= 0.6 is 0 Å². The molecule has 112 valence electrons. The maximum absolute atomic E-state index is 12.3. The molecule has 0 N–H and O–H groups in total. The quantitative estimate of drug-likeness (QED) is 0.441. The predicted octanol–water partition coefficient (Wildman–Crippen LogP) is 2.89. The van der Waals surface area contributed by atoms with Crippen molar-refractivity contribution in [3.8, 4) is 0 Å². The molecule has 0 heterocycles. The third-order valence-corrected chi connectivity index (χ3v) is 4.08. The monoisotopic (exact) mass is 280 g/mol. The number of hydrogen-bond donors (Lipinski definition) is 0. The van der Waals surface area contributed by atoms with E-state index in [1.807, 2.05) is 6.08 Å². The zero-order chi connectivity index (χ0) is 15.4. The number of hydrogen-bond acceptors (Lipinski definition) is 4. The minimum Gasteiger partial charge on any atom is -0.468 e. The molecule has 1 atom stereocenters. The second-order valence-electron chi connectivity index (χ2n) is 5.94. The van der Waals surface area contributed by atoms with Crippen LogP contribution in [0.3, 0.4) is 0 Å². The molecular weight excluding hydrogens is 256 g/mol. The largest absolute Gasteiger partial charge is 0.468 e. The van der Waals surface area contributed by atoms with Gasteiger partial charge in [0.25, 0.3) is 0 Å². The summed E-state index contributed by atoms with van der Waals surface area (Å²) in [6, 6.07) is 0. The third kappa shape index (κ3) is 2.94. The number of carbonyl (C=O) groups excluding carboxylic acids is 2. The Bertz CT molecular complexity index is 404. The molecule has 0 aromatic rings. The summed E-state index contributed by atoms with van der Waals surface area (Å²) >= 11 is 0. The highest BCUT2D eigenvalue weighted by atomic mass is 16.5. The average Bonchev–Trinajstić information content (AvgIpc) is 2.43. The van der Waals surface area contributed by atoms with Crippen LogP contribution in [0.1, 0.15) is 33.1 Å². The lowest BCUT2D eigenvalue weighted by molar-refractivity contribution is -0.172. The van der Waals surface area contributed by atoms with Crippen LogP contribution in [-0.2, 0) is 19.1 Å². The van der Waals surface area contributed by atoms with E-state index in [4.69, 9.17) is 9.47 Å². The second-order valence-corrected chi connectivity index (χ2v) is 5.94. The zero-order valence-electron chi connectivity index (χ0n) is 12.8. The standard InChI is InChI=1S/C16H24O4/c1-6-9-16(13(17)19-4,14(18)20-5)12-7-10-15(2,3)11-8-12/h6-7,10,12H,1,8-9,11H2,2-5H3. The van der Waals surface area contributed by atoms with Crippen LogP contribution in [-0.4, -0.2) is 26.2 Å². The van der Waals surface area contributed by atoms with Crippen LogP contribution in [0.25, 0.3) is 0 Å². The van der Waals surface area contributed by atoms with Gasteiger partial charge in [0, 0.05) is 5.92 Å². The van der Waals surface area contributed by atoms with Gasteiger partial charge in [0.2, 0.25) is 0 Å². The van der Waals surface area contributed by atoms with Crippen molar-refractivity contribution in [3.63, 3.8) is 0 Å². The van der Waals surface area contributed by atoms with Gasteiger partial charge >= 0.3 is 11.9 Å². The molecule has 0 saturated heterocycles. The molecule has 1 unspecified atom stereocenters. The van der Waals surface area contributed by atoms with E-state index in [0.29, 0.717) is 0 Å². The lowest BCUT2D eigenvalue weighted by Crippen LogP contribution is -2.47. The topological polar surface area (TPSA) is 52.6 Å². The van der Waals surface area contributed by atoms with Gasteiger partial charge in [-0.05, 0) is 24.7 Å². The Kier molecular flexibility index (Phi) is 5.15. The van der Waals surface area contributed by atoms with E-state index in [-0.39, 0.29) is 17.8 Å². The van der Waals surface area contributed by atoms with Crippen LogP contribution in [0.2, 0.25) is 0 Å². The minimum atomic E-state index is -1.32. The molecule has 0 aromatic heterocycles. The summed E-state index contributed by atoms with van der Waals surface area (Å²) in [6.45, 7) is 7.92. The Labute approximate surface area is 120 Å². The highest BCUT2D eigenvalue weighted by Crippen LogP contribution is 2.44. The summed E-state index contributed by atoms with van der Waals surface area (Å²) in [5.74, 6) is -1.34. The highest BCUT2D eigenvalue weighted by molar-refractivity contribution is 6.01. The Morgan fingerprint density at radius 1 is 1.35 bits per heavy atom. The summed E-state index contributed by atoms with van der Waals surface area (Å²) in [6.07, 6.45) is 7.43. The average molecular weight is 280 g/mol. The maximum Gasteiger partial charge on any atom is 0.324 e. The summed E-state index contributed by atoms with van der Waals surface area (Å²) < 4.78 is 9.75. The molecule has 20 heavy (non-hydrogen) atoms. The summed E-state index contributed by atoms with van der Waals surface area (Å²) in [4.78, 5) is 24.6. The SMILES string of the molecule is C=CCC(C(=O)OC)(C(=O)OC)C1C=CC(C)(C)CC1. The molecule has 0 spiro atoms. The normalized spacial score (nSPS) is 21.1. The van der Waals surface area contributed by atoms with Crippen molar-refractivity contribution in [1.29, 1.82) is 0 Å². The first-order chi connectivity index (χ1) is 9.34. The molecule has 0 bridgehead atoms. The Balaban J connectivity index is 3.25. The predicted molar refractivity (Wildman–Crippen MR) is 76.9 cm³/mol. The first kappa shape index (κ1) is 16.5. The number of rotatable bonds is 5. The van der Waals surface area contributed by atoms with Gasteiger partial charge < -0.3 is 9.47 Å². The van der Waals surface area contributed by atoms with E-state index < -0.39 is 17.4 Å². The minimum absolute atomic E-state index is 0.0860. The Morgan fingerprint density at radius 3 is 2.25 bits per heavy atom. The number of methoxy groups -OCH3 is 2. The number of ether oxygens (including phenoxy) is 2. The smallest absolute Gasteiger partial charge is 0.324 e. The fourth-order valence-corrected chi connectivity index (χ4v) is 2.79. The highest BCUT2D eigenvalue weighted by Gasteiger charge is 2.53. The molecule has 4 heteroatoms. The van der Waals surface area contributed by atoms with E-state index in [1.165, 1.54) is 14.2 Å². The van der Waals surface area contributed by atoms with Crippen molar-refractivity contribution in [3.05, 3.63) is 24.8 Å². The van der Waals surface area contributed by atoms with Gasteiger partial charge in [-0.25, -0.2) is 0 Å². The molecule has 1 aliphatic rings. The van der Waals surface area contributed by atoms with Gasteiger partial charge in [0.1, 0.15) is 0 Å².